The van der Waals surface area contributed by atoms with E-state index in [2.05, 4.69) is 5.32 Å². The summed E-state index contributed by atoms with van der Waals surface area (Å²) >= 11 is 0. The maximum Gasteiger partial charge on any atom is 0.254 e. The van der Waals surface area contributed by atoms with Gasteiger partial charge < -0.3 is 5.32 Å². The molecule has 1 heterocycles. The second-order valence-corrected chi connectivity index (χ2v) is 2.13. The number of hydrogen-bond acceptors (Lipinski definition) is 2. The van der Waals surface area contributed by atoms with E-state index in [1.54, 1.807) is 13.0 Å². The number of carbonyl (C=O) groups is 2. The number of hydrogen-bond donors (Lipinski definition) is 1. The highest BCUT2D eigenvalue weighted by atomic mass is 16.2. The summed E-state index contributed by atoms with van der Waals surface area (Å²) in [5, 5.41) is 2.59. The fourth-order valence-electron chi connectivity index (χ4n) is 0.938. The van der Waals surface area contributed by atoms with Crippen molar-refractivity contribution in [2.24, 2.45) is 0 Å². The van der Waals surface area contributed by atoms with Gasteiger partial charge in [0.1, 0.15) is 0 Å². The molecule has 0 bridgehead atoms. The first-order chi connectivity index (χ1) is 4.75. The van der Waals surface area contributed by atoms with Gasteiger partial charge in [-0.15, -0.1) is 0 Å². The molecule has 1 N–H and O–H groups in total. The Bertz CT molecular complexity index is 188. The summed E-state index contributed by atoms with van der Waals surface area (Å²) in [7, 11) is 0. The third kappa shape index (κ3) is 1.07. The van der Waals surface area contributed by atoms with Crippen LogP contribution in [-0.2, 0) is 9.59 Å². The van der Waals surface area contributed by atoms with Gasteiger partial charge in [0, 0.05) is 13.0 Å². The Morgan fingerprint density at radius 3 is 2.60 bits per heavy atom. The summed E-state index contributed by atoms with van der Waals surface area (Å²) in [5.74, 6) is -0.287. The molecular formula is C7H9NO2. The average Bonchev–Trinajstić information content (AvgIpc) is 1.88. The molecule has 0 atom stereocenters. The molecule has 1 rings (SSSR count). The lowest BCUT2D eigenvalue weighted by Gasteiger charge is -2.12. The fourth-order valence-corrected chi connectivity index (χ4v) is 0.938. The molecule has 0 unspecified atom stereocenters. The summed E-state index contributed by atoms with van der Waals surface area (Å²) in [4.78, 5) is 21.7. The maximum absolute atomic E-state index is 10.9. The summed E-state index contributed by atoms with van der Waals surface area (Å²) in [6.07, 6.45) is 1.99. The van der Waals surface area contributed by atoms with E-state index in [9.17, 15) is 9.59 Å². The molecule has 0 radical (unpaired) electrons. The number of nitrogens with one attached hydrogen (secondary N) is 1. The molecule has 0 spiro atoms. The summed E-state index contributed by atoms with van der Waals surface area (Å²) in [6, 6.07) is 0. The van der Waals surface area contributed by atoms with Crippen LogP contribution in [0.4, 0.5) is 0 Å². The third-order valence-corrected chi connectivity index (χ3v) is 1.47. The second-order valence-electron chi connectivity index (χ2n) is 2.13. The standard InChI is InChI=1S/C7H9NO2/c1-2-5-6(9)3-4-8-7(5)10/h2H,3-4H2,1H3,(H,8,10). The predicted octanol–water partition coefficient (Wildman–Crippen LogP) is 0.0217. The van der Waals surface area contributed by atoms with Crippen LogP contribution in [-0.4, -0.2) is 18.2 Å². The van der Waals surface area contributed by atoms with Gasteiger partial charge in [0.05, 0.1) is 5.57 Å². The van der Waals surface area contributed by atoms with E-state index in [1.807, 2.05) is 0 Å². The van der Waals surface area contributed by atoms with Crippen molar-refractivity contribution < 1.29 is 9.59 Å². The van der Waals surface area contributed by atoms with E-state index in [0.717, 1.165) is 0 Å². The molecule has 0 aromatic rings. The molecule has 3 heteroatoms. The average molecular weight is 139 g/mol. The van der Waals surface area contributed by atoms with Gasteiger partial charge in [0.2, 0.25) is 0 Å². The van der Waals surface area contributed by atoms with Crippen LogP contribution in [0.25, 0.3) is 0 Å². The third-order valence-electron chi connectivity index (χ3n) is 1.47. The Labute approximate surface area is 59.1 Å². The largest absolute Gasteiger partial charge is 0.351 e. The molecule has 3 nitrogen and oxygen atoms in total. The van der Waals surface area contributed by atoms with Crippen LogP contribution >= 0.6 is 0 Å². The minimum atomic E-state index is -0.237. The summed E-state index contributed by atoms with van der Waals surface area (Å²) in [6.45, 7) is 2.17. The van der Waals surface area contributed by atoms with Gasteiger partial charge in [-0.05, 0) is 6.92 Å². The van der Waals surface area contributed by atoms with Crippen LogP contribution in [0.2, 0.25) is 0 Å². The number of carbonyl (C=O) groups excluding carboxylic acids is 2. The minimum absolute atomic E-state index is 0.0498. The van der Waals surface area contributed by atoms with E-state index in [1.165, 1.54) is 0 Å². The first kappa shape index (κ1) is 6.99. The van der Waals surface area contributed by atoms with Crippen LogP contribution in [0.5, 0.6) is 0 Å². The normalized spacial score (nSPS) is 23.1. The summed E-state index contributed by atoms with van der Waals surface area (Å²) < 4.78 is 0. The van der Waals surface area contributed by atoms with Crippen molar-refractivity contribution in [3.05, 3.63) is 11.6 Å². The lowest BCUT2D eigenvalue weighted by atomic mass is 10.0. The molecular weight excluding hydrogens is 130 g/mol. The van der Waals surface area contributed by atoms with Crippen molar-refractivity contribution >= 4 is 11.7 Å². The molecule has 1 amide bonds. The monoisotopic (exact) mass is 139 g/mol. The van der Waals surface area contributed by atoms with Gasteiger partial charge in [0.15, 0.2) is 5.78 Å². The van der Waals surface area contributed by atoms with Crippen molar-refractivity contribution in [1.82, 2.24) is 5.32 Å². The Morgan fingerprint density at radius 1 is 1.50 bits per heavy atom. The lowest BCUT2D eigenvalue weighted by molar-refractivity contribution is -0.124. The van der Waals surface area contributed by atoms with Gasteiger partial charge in [-0.2, -0.15) is 0 Å². The van der Waals surface area contributed by atoms with Gasteiger partial charge in [-0.3, -0.25) is 9.59 Å². The van der Waals surface area contributed by atoms with Crippen LogP contribution < -0.4 is 5.32 Å². The zero-order valence-electron chi connectivity index (χ0n) is 5.81. The van der Waals surface area contributed by atoms with E-state index in [-0.39, 0.29) is 11.7 Å². The number of piperidine rings is 1. The summed E-state index contributed by atoms with van der Waals surface area (Å²) in [5.41, 5.74) is 0.297. The molecule has 0 aromatic carbocycles. The molecule has 1 aliphatic heterocycles. The Balaban J connectivity index is 2.83. The highest BCUT2D eigenvalue weighted by Gasteiger charge is 2.20. The molecule has 0 saturated carbocycles. The highest BCUT2D eigenvalue weighted by molar-refractivity contribution is 6.20. The minimum Gasteiger partial charge on any atom is -0.351 e. The zero-order chi connectivity index (χ0) is 7.56. The molecule has 1 fully saturated rings. The van der Waals surface area contributed by atoms with E-state index < -0.39 is 0 Å². The lowest BCUT2D eigenvalue weighted by Crippen LogP contribution is -2.36. The maximum atomic E-state index is 10.9. The number of allylic oxidation sites excluding steroid dienone is 1. The first-order valence-electron chi connectivity index (χ1n) is 3.23. The Hall–Kier alpha value is -1.12. The smallest absolute Gasteiger partial charge is 0.254 e. The van der Waals surface area contributed by atoms with Gasteiger partial charge in [-0.25, -0.2) is 0 Å². The topological polar surface area (TPSA) is 46.2 Å². The Morgan fingerprint density at radius 2 is 2.20 bits per heavy atom. The molecule has 54 valence electrons. The fraction of sp³-hybridized carbons (Fsp3) is 0.429. The predicted molar refractivity (Wildman–Crippen MR) is 36.4 cm³/mol. The number of rotatable bonds is 0. The van der Waals surface area contributed by atoms with Gasteiger partial charge in [0.25, 0.3) is 5.91 Å². The molecule has 1 saturated heterocycles. The Kier molecular flexibility index (Phi) is 1.85. The highest BCUT2D eigenvalue weighted by Crippen LogP contribution is 2.04. The van der Waals surface area contributed by atoms with E-state index in [4.69, 9.17) is 0 Å². The van der Waals surface area contributed by atoms with Crippen molar-refractivity contribution in [1.29, 1.82) is 0 Å². The first-order valence-corrected chi connectivity index (χ1v) is 3.23. The molecule has 1 aliphatic rings. The van der Waals surface area contributed by atoms with Crippen LogP contribution in [0.3, 0.4) is 0 Å². The van der Waals surface area contributed by atoms with Gasteiger partial charge >= 0.3 is 0 Å². The second kappa shape index (κ2) is 2.64. The molecule has 10 heavy (non-hydrogen) atoms. The number of Topliss-reactive ketones (excluding diaryl/α,β-unsaturated/α-hetero) is 1. The van der Waals surface area contributed by atoms with Crippen LogP contribution in [0.1, 0.15) is 13.3 Å². The van der Waals surface area contributed by atoms with Crippen molar-refractivity contribution in [3.8, 4) is 0 Å². The molecule has 0 aliphatic carbocycles. The van der Waals surface area contributed by atoms with Crippen LogP contribution in [0, 0.1) is 0 Å². The van der Waals surface area contributed by atoms with Crippen molar-refractivity contribution in [3.63, 3.8) is 0 Å². The number of amides is 1. The van der Waals surface area contributed by atoms with Crippen LogP contribution in [0.15, 0.2) is 11.6 Å². The van der Waals surface area contributed by atoms with Crippen molar-refractivity contribution in [2.45, 2.75) is 13.3 Å². The quantitative estimate of drug-likeness (QED) is 0.380. The SMILES string of the molecule is CC=C1C(=O)CCNC1=O. The van der Waals surface area contributed by atoms with Gasteiger partial charge in [-0.1, -0.05) is 6.08 Å². The van der Waals surface area contributed by atoms with E-state index >= 15 is 0 Å². The van der Waals surface area contributed by atoms with E-state index in [0.29, 0.717) is 18.5 Å². The van der Waals surface area contributed by atoms with Crippen molar-refractivity contribution in [2.75, 3.05) is 6.54 Å². The number of ketones is 1. The molecule has 0 aromatic heterocycles. The zero-order valence-corrected chi connectivity index (χ0v) is 5.81.